The van der Waals surface area contributed by atoms with Crippen molar-refractivity contribution in [2.45, 2.75) is 25.0 Å². The van der Waals surface area contributed by atoms with Crippen LogP contribution in [0.4, 0.5) is 0 Å². The maximum absolute atomic E-state index is 12.0. The van der Waals surface area contributed by atoms with Crippen molar-refractivity contribution >= 4 is 18.5 Å². The van der Waals surface area contributed by atoms with Gasteiger partial charge in [0.15, 0.2) is 0 Å². The van der Waals surface area contributed by atoms with Crippen molar-refractivity contribution in [3.63, 3.8) is 0 Å². The van der Waals surface area contributed by atoms with E-state index < -0.39 is 0 Å². The van der Waals surface area contributed by atoms with Crippen LogP contribution in [-0.2, 0) is 17.6 Å². The zero-order valence-electron chi connectivity index (χ0n) is 12.3. The van der Waals surface area contributed by atoms with E-state index >= 15 is 0 Å². The average molecular weight is 299 g/mol. The van der Waals surface area contributed by atoms with Crippen LogP contribution in [0.5, 0.6) is 0 Å². The van der Waals surface area contributed by atoms with Crippen LogP contribution in [-0.4, -0.2) is 17.7 Å². The predicted octanol–water partition coefficient (Wildman–Crippen LogP) is 3.19. The molecule has 0 spiro atoms. The van der Waals surface area contributed by atoms with Crippen LogP contribution in [0.1, 0.15) is 16.7 Å². The summed E-state index contributed by atoms with van der Waals surface area (Å²) in [6.07, 6.45) is 1.50. The highest BCUT2D eigenvalue weighted by molar-refractivity contribution is 7.81. The van der Waals surface area contributed by atoms with Gasteiger partial charge >= 0.3 is 0 Å². The smallest absolute Gasteiger partial charge is 0.233 e. The second kappa shape index (κ2) is 7.89. The molecule has 1 N–H and O–H groups in total. The minimum absolute atomic E-state index is 0.00392. The van der Waals surface area contributed by atoms with Crippen molar-refractivity contribution in [3.05, 3.63) is 71.3 Å². The van der Waals surface area contributed by atoms with Crippen LogP contribution in [0.3, 0.4) is 0 Å². The molecule has 0 fully saturated rings. The lowest BCUT2D eigenvalue weighted by Crippen LogP contribution is -2.34. The summed E-state index contributed by atoms with van der Waals surface area (Å²) in [5.74, 6) is -0.00392. The Morgan fingerprint density at radius 1 is 1.10 bits per heavy atom. The van der Waals surface area contributed by atoms with Crippen LogP contribution in [0.2, 0.25) is 0 Å². The fourth-order valence-electron chi connectivity index (χ4n) is 2.26. The molecular weight excluding hydrogens is 278 g/mol. The van der Waals surface area contributed by atoms with E-state index in [1.165, 1.54) is 11.1 Å². The highest BCUT2D eigenvalue weighted by atomic mass is 32.1. The number of aryl methyl sites for hydroxylation is 1. The number of benzene rings is 2. The van der Waals surface area contributed by atoms with Crippen LogP contribution < -0.4 is 5.32 Å². The third-order valence-electron chi connectivity index (χ3n) is 3.53. The molecule has 0 saturated heterocycles. The lowest BCUT2D eigenvalue weighted by atomic mass is 10.1. The molecule has 0 saturated carbocycles. The number of hydrogen-bond acceptors (Lipinski definition) is 2. The van der Waals surface area contributed by atoms with E-state index in [-0.39, 0.29) is 11.2 Å². The Morgan fingerprint density at radius 2 is 1.76 bits per heavy atom. The number of carbonyl (C=O) groups excluding carboxylic acids is 1. The van der Waals surface area contributed by atoms with Crippen molar-refractivity contribution < 1.29 is 4.79 Å². The SMILES string of the molecule is Cc1ccccc1CCNC(=O)C(S)Cc1ccccc1. The van der Waals surface area contributed by atoms with Gasteiger partial charge in [-0.3, -0.25) is 4.79 Å². The monoisotopic (exact) mass is 299 g/mol. The van der Waals surface area contributed by atoms with Crippen LogP contribution in [0.15, 0.2) is 54.6 Å². The average Bonchev–Trinajstić information content (AvgIpc) is 2.50. The third-order valence-corrected chi connectivity index (χ3v) is 3.95. The number of carbonyl (C=O) groups is 1. The van der Waals surface area contributed by atoms with Gasteiger partial charge in [0.1, 0.15) is 0 Å². The van der Waals surface area contributed by atoms with Crippen molar-refractivity contribution in [1.82, 2.24) is 5.32 Å². The highest BCUT2D eigenvalue weighted by Crippen LogP contribution is 2.09. The van der Waals surface area contributed by atoms with E-state index in [1.807, 2.05) is 42.5 Å². The summed E-state index contributed by atoms with van der Waals surface area (Å²) in [5, 5.41) is 2.66. The van der Waals surface area contributed by atoms with Crippen molar-refractivity contribution in [2.24, 2.45) is 0 Å². The number of nitrogens with one attached hydrogen (secondary N) is 1. The van der Waals surface area contributed by atoms with Crippen LogP contribution >= 0.6 is 12.6 Å². The molecule has 2 aromatic rings. The second-order valence-corrected chi connectivity index (χ2v) is 5.80. The molecule has 1 unspecified atom stereocenters. The minimum atomic E-state index is -0.302. The Labute approximate surface area is 132 Å². The summed E-state index contributed by atoms with van der Waals surface area (Å²) < 4.78 is 0. The molecule has 3 heteroatoms. The molecule has 110 valence electrons. The van der Waals surface area contributed by atoms with Gasteiger partial charge in [-0.15, -0.1) is 0 Å². The van der Waals surface area contributed by atoms with Gasteiger partial charge in [-0.05, 0) is 36.5 Å². The van der Waals surface area contributed by atoms with Gasteiger partial charge in [-0.25, -0.2) is 0 Å². The fraction of sp³-hybridized carbons (Fsp3) is 0.278. The minimum Gasteiger partial charge on any atom is -0.355 e. The molecular formula is C18H21NOS. The molecule has 0 radical (unpaired) electrons. The van der Waals surface area contributed by atoms with E-state index in [1.54, 1.807) is 0 Å². The van der Waals surface area contributed by atoms with Gasteiger partial charge < -0.3 is 5.32 Å². The second-order valence-electron chi connectivity index (χ2n) is 5.17. The lowest BCUT2D eigenvalue weighted by molar-refractivity contribution is -0.120. The van der Waals surface area contributed by atoms with Crippen molar-refractivity contribution in [2.75, 3.05) is 6.54 Å². The molecule has 0 aliphatic carbocycles. The van der Waals surface area contributed by atoms with Gasteiger partial charge in [0, 0.05) is 6.54 Å². The summed E-state index contributed by atoms with van der Waals surface area (Å²) in [5.41, 5.74) is 3.67. The Morgan fingerprint density at radius 3 is 2.48 bits per heavy atom. The van der Waals surface area contributed by atoms with Crippen molar-refractivity contribution in [1.29, 1.82) is 0 Å². The maximum atomic E-state index is 12.0. The summed E-state index contributed by atoms with van der Waals surface area (Å²) >= 11 is 4.40. The van der Waals surface area contributed by atoms with E-state index in [0.717, 1.165) is 12.0 Å². The lowest BCUT2D eigenvalue weighted by Gasteiger charge is -2.12. The molecule has 0 heterocycles. The fourth-order valence-corrected chi connectivity index (χ4v) is 2.56. The van der Waals surface area contributed by atoms with Crippen LogP contribution in [0.25, 0.3) is 0 Å². The van der Waals surface area contributed by atoms with Gasteiger partial charge in [0.05, 0.1) is 5.25 Å². The zero-order chi connectivity index (χ0) is 15.1. The molecule has 0 aliphatic rings. The first-order valence-corrected chi connectivity index (χ1v) is 7.72. The van der Waals surface area contributed by atoms with E-state index in [0.29, 0.717) is 13.0 Å². The molecule has 2 nitrogen and oxygen atoms in total. The van der Waals surface area contributed by atoms with Gasteiger partial charge in [0.25, 0.3) is 0 Å². The summed E-state index contributed by atoms with van der Waals surface area (Å²) in [6.45, 7) is 2.74. The third kappa shape index (κ3) is 4.94. The van der Waals surface area contributed by atoms with Crippen LogP contribution in [0, 0.1) is 6.92 Å². The number of thiol groups is 1. The quantitative estimate of drug-likeness (QED) is 0.788. The van der Waals surface area contributed by atoms with Gasteiger partial charge in [-0.1, -0.05) is 54.6 Å². The Hall–Kier alpha value is -1.74. The van der Waals surface area contributed by atoms with Gasteiger partial charge in [-0.2, -0.15) is 12.6 Å². The standard InChI is InChI=1S/C18H21NOS/c1-14-7-5-6-10-16(14)11-12-19-18(20)17(21)13-15-8-3-2-4-9-15/h2-10,17,21H,11-13H2,1H3,(H,19,20). The summed E-state index contributed by atoms with van der Waals surface area (Å²) in [7, 11) is 0. The van der Waals surface area contributed by atoms with E-state index in [4.69, 9.17) is 0 Å². The first-order valence-electron chi connectivity index (χ1n) is 7.21. The van der Waals surface area contributed by atoms with Crippen molar-refractivity contribution in [3.8, 4) is 0 Å². The molecule has 0 bridgehead atoms. The molecule has 0 aliphatic heterocycles. The van der Waals surface area contributed by atoms with E-state index in [2.05, 4.69) is 37.0 Å². The molecule has 2 aromatic carbocycles. The molecule has 1 atom stereocenters. The molecule has 2 rings (SSSR count). The Kier molecular flexibility index (Phi) is 5.88. The number of hydrogen-bond donors (Lipinski definition) is 2. The maximum Gasteiger partial charge on any atom is 0.233 e. The molecule has 0 aromatic heterocycles. The van der Waals surface area contributed by atoms with Gasteiger partial charge in [0.2, 0.25) is 5.91 Å². The topological polar surface area (TPSA) is 29.1 Å². The zero-order valence-corrected chi connectivity index (χ0v) is 13.1. The first kappa shape index (κ1) is 15.6. The number of amides is 1. The molecule has 1 amide bonds. The normalized spacial score (nSPS) is 11.9. The molecule has 21 heavy (non-hydrogen) atoms. The summed E-state index contributed by atoms with van der Waals surface area (Å²) in [4.78, 5) is 12.0. The predicted molar refractivity (Wildman–Crippen MR) is 90.8 cm³/mol. The van der Waals surface area contributed by atoms with E-state index in [9.17, 15) is 4.79 Å². The summed E-state index contributed by atoms with van der Waals surface area (Å²) in [6, 6.07) is 18.2. The first-order chi connectivity index (χ1) is 10.2. The number of rotatable bonds is 6. The Balaban J connectivity index is 1.78. The largest absolute Gasteiger partial charge is 0.355 e. The highest BCUT2D eigenvalue weighted by Gasteiger charge is 2.13. The Bertz CT molecular complexity index is 583.